The minimum atomic E-state index is 0.640. The van der Waals surface area contributed by atoms with Crippen molar-refractivity contribution in [1.29, 1.82) is 0 Å². The topological polar surface area (TPSA) is 115 Å². The van der Waals surface area contributed by atoms with Crippen LogP contribution in [0.5, 0.6) is 0 Å². The number of anilines is 2. The number of hydrogen-bond acceptors (Lipinski definition) is 5. The molecule has 0 fully saturated rings. The Morgan fingerprint density at radius 1 is 1.16 bits per heavy atom. The predicted octanol–water partition coefficient (Wildman–Crippen LogP) is 1.86. The Bertz CT molecular complexity index is 1180. The van der Waals surface area contributed by atoms with E-state index in [1.54, 1.807) is 12.5 Å². The molecule has 4 N–H and O–H groups in total. The average Bonchev–Trinajstić information content (AvgIpc) is 3.33. The van der Waals surface area contributed by atoms with Gasteiger partial charge >= 0.3 is 0 Å². The molecule has 5 aromatic heterocycles. The van der Waals surface area contributed by atoms with Gasteiger partial charge < -0.3 is 10.3 Å². The largest absolute Gasteiger partial charge is 0.341 e. The van der Waals surface area contributed by atoms with E-state index in [1.165, 1.54) is 0 Å². The van der Waals surface area contributed by atoms with Gasteiger partial charge in [-0.3, -0.25) is 5.10 Å². The molecule has 5 aromatic rings. The van der Waals surface area contributed by atoms with Gasteiger partial charge in [-0.1, -0.05) is 6.07 Å². The lowest BCUT2D eigenvalue weighted by Crippen LogP contribution is -2.22. The van der Waals surface area contributed by atoms with Crippen molar-refractivity contribution >= 4 is 28.4 Å². The number of nitrogens with zero attached hydrogens (tertiary/aromatic N) is 5. The van der Waals surface area contributed by atoms with E-state index in [0.29, 0.717) is 11.5 Å². The Labute approximate surface area is 141 Å². The summed E-state index contributed by atoms with van der Waals surface area (Å²) in [6.45, 7) is 1.86. The number of H-pyrrole nitrogens is 3. The Kier molecular flexibility index (Phi) is 2.80. The molecule has 0 aliphatic heterocycles. The summed E-state index contributed by atoms with van der Waals surface area (Å²) < 4.78 is 2.04. The van der Waals surface area contributed by atoms with Crippen LogP contribution in [0.1, 0.15) is 5.82 Å². The first-order valence-electron chi connectivity index (χ1n) is 7.76. The summed E-state index contributed by atoms with van der Waals surface area (Å²) in [5, 5.41) is 10.2. The van der Waals surface area contributed by atoms with E-state index in [1.807, 2.05) is 41.8 Å². The highest BCUT2D eigenvalue weighted by molar-refractivity contribution is 5.89. The minimum absolute atomic E-state index is 0.640. The zero-order valence-electron chi connectivity index (χ0n) is 13.3. The first-order valence-corrected chi connectivity index (χ1v) is 7.76. The molecular weight excluding hydrogens is 318 g/mol. The molecule has 0 unspecified atom stereocenters. The van der Waals surface area contributed by atoms with Crippen LogP contribution in [0.4, 0.5) is 11.6 Å². The Balaban J connectivity index is 1.83. The van der Waals surface area contributed by atoms with Gasteiger partial charge in [0.2, 0.25) is 11.5 Å². The lowest BCUT2D eigenvalue weighted by molar-refractivity contribution is -0.497. The van der Waals surface area contributed by atoms with Gasteiger partial charge in [-0.15, -0.1) is 0 Å². The number of aryl methyl sites for hydroxylation is 1. The third kappa shape index (κ3) is 2.13. The number of aromatic nitrogens is 8. The summed E-state index contributed by atoms with van der Waals surface area (Å²) in [7, 11) is 0. The zero-order valence-corrected chi connectivity index (χ0v) is 13.3. The average molecular weight is 332 g/mol. The molecule has 0 aliphatic rings. The van der Waals surface area contributed by atoms with E-state index in [9.17, 15) is 0 Å². The first-order chi connectivity index (χ1) is 12.3. The number of hydrogen-bond donors (Lipinski definition) is 4. The molecule has 122 valence electrons. The molecule has 25 heavy (non-hydrogen) atoms. The van der Waals surface area contributed by atoms with Gasteiger partial charge in [0, 0.05) is 12.1 Å². The molecule has 0 amide bonds. The molecule has 0 radical (unpaired) electrons. The maximum absolute atomic E-state index is 4.67. The number of aromatic amines is 3. The van der Waals surface area contributed by atoms with Crippen molar-refractivity contribution in [2.24, 2.45) is 0 Å². The Morgan fingerprint density at radius 2 is 2.12 bits per heavy atom. The highest BCUT2D eigenvalue weighted by atomic mass is 15.2. The Morgan fingerprint density at radius 3 is 3.00 bits per heavy atom. The van der Waals surface area contributed by atoms with Crippen LogP contribution < -0.4 is 9.72 Å². The molecule has 0 aliphatic carbocycles. The summed E-state index contributed by atoms with van der Waals surface area (Å²) in [5.41, 5.74) is 4.01. The number of fused-ring (bicyclic) bond motifs is 2. The van der Waals surface area contributed by atoms with Gasteiger partial charge in [0.15, 0.2) is 5.65 Å². The summed E-state index contributed by atoms with van der Waals surface area (Å²) in [5.74, 6) is 2.23. The van der Waals surface area contributed by atoms with Crippen LogP contribution in [0, 0.1) is 6.92 Å². The molecule has 0 spiro atoms. The van der Waals surface area contributed by atoms with Crippen LogP contribution in [0.3, 0.4) is 0 Å². The Hall–Kier alpha value is -3.75. The number of pyridine rings is 1. The molecule has 0 bridgehead atoms. The van der Waals surface area contributed by atoms with Crippen molar-refractivity contribution in [3.8, 4) is 11.4 Å². The maximum Gasteiger partial charge on any atom is 0.286 e. The highest BCUT2D eigenvalue weighted by Crippen LogP contribution is 2.29. The molecule has 0 aromatic carbocycles. The highest BCUT2D eigenvalue weighted by Gasteiger charge is 2.26. The summed E-state index contributed by atoms with van der Waals surface area (Å²) in [4.78, 5) is 19.9. The van der Waals surface area contributed by atoms with E-state index in [-0.39, 0.29) is 0 Å². The number of imidazole rings is 2. The summed E-state index contributed by atoms with van der Waals surface area (Å²) in [6, 6.07) is 7.81. The molecule has 9 nitrogen and oxygen atoms in total. The third-order valence-electron chi connectivity index (χ3n) is 3.97. The van der Waals surface area contributed by atoms with E-state index >= 15 is 0 Å². The van der Waals surface area contributed by atoms with Gasteiger partial charge in [-0.25, -0.2) is 19.9 Å². The van der Waals surface area contributed by atoms with Gasteiger partial charge in [0.05, 0.1) is 18.7 Å². The standard InChI is InChI=1S/C16H13N9/c1-9-20-12(13-15(21-9)18-8-17-13)14-16(22-10-5-6-19-24-10)23-11-4-2-3-7-25(11)14/h2-8H,1H3,(H3,17,18,19,20,21,22,24)/p+1. The summed E-state index contributed by atoms with van der Waals surface area (Å²) >= 11 is 0. The fraction of sp³-hybridized carbons (Fsp3) is 0.0625. The molecule has 5 rings (SSSR count). The van der Waals surface area contributed by atoms with Crippen molar-refractivity contribution < 1.29 is 4.40 Å². The van der Waals surface area contributed by atoms with Gasteiger partial charge in [0.25, 0.3) is 5.65 Å². The molecule has 0 atom stereocenters. The smallest absolute Gasteiger partial charge is 0.286 e. The van der Waals surface area contributed by atoms with Gasteiger partial charge in [0.1, 0.15) is 22.9 Å². The van der Waals surface area contributed by atoms with E-state index in [2.05, 4.69) is 40.4 Å². The second-order valence-corrected chi connectivity index (χ2v) is 5.62. The van der Waals surface area contributed by atoms with Crippen LogP contribution in [-0.2, 0) is 0 Å². The lowest BCUT2D eigenvalue weighted by Gasteiger charge is -2.03. The minimum Gasteiger partial charge on any atom is -0.341 e. The third-order valence-corrected chi connectivity index (χ3v) is 3.97. The second kappa shape index (κ2) is 5.13. The van der Waals surface area contributed by atoms with Crippen LogP contribution in [0.2, 0.25) is 0 Å². The van der Waals surface area contributed by atoms with Crippen molar-refractivity contribution in [3.63, 3.8) is 0 Å². The summed E-state index contributed by atoms with van der Waals surface area (Å²) in [6.07, 6.45) is 5.31. The number of rotatable bonds is 3. The SMILES string of the molecule is Cc1nc(-c2c(Nc3ccn[nH]3)[nH]c3cccc[n+]23)c2[nH]cnc2n1. The fourth-order valence-corrected chi connectivity index (χ4v) is 2.94. The zero-order chi connectivity index (χ0) is 16.8. The van der Waals surface area contributed by atoms with Crippen molar-refractivity contribution in [3.05, 3.63) is 48.8 Å². The predicted molar refractivity (Wildman–Crippen MR) is 91.2 cm³/mol. The number of nitrogens with one attached hydrogen (secondary N) is 4. The van der Waals surface area contributed by atoms with Crippen LogP contribution in [0.15, 0.2) is 43.0 Å². The van der Waals surface area contributed by atoms with Crippen molar-refractivity contribution in [2.45, 2.75) is 6.92 Å². The van der Waals surface area contributed by atoms with Crippen LogP contribution in [-0.4, -0.2) is 35.1 Å². The van der Waals surface area contributed by atoms with Crippen LogP contribution in [0.25, 0.3) is 28.2 Å². The van der Waals surface area contributed by atoms with Crippen molar-refractivity contribution in [1.82, 2.24) is 35.1 Å². The lowest BCUT2D eigenvalue weighted by atomic mass is 10.2. The molecule has 0 saturated carbocycles. The molecule has 0 saturated heterocycles. The van der Waals surface area contributed by atoms with Gasteiger partial charge in [-0.2, -0.15) is 9.50 Å². The monoisotopic (exact) mass is 332 g/mol. The van der Waals surface area contributed by atoms with E-state index < -0.39 is 0 Å². The normalized spacial score (nSPS) is 11.4. The molecule has 9 heteroatoms. The van der Waals surface area contributed by atoms with E-state index in [4.69, 9.17) is 0 Å². The second-order valence-electron chi connectivity index (χ2n) is 5.62. The van der Waals surface area contributed by atoms with Gasteiger partial charge in [-0.05, 0) is 13.0 Å². The van der Waals surface area contributed by atoms with E-state index in [0.717, 1.165) is 34.2 Å². The van der Waals surface area contributed by atoms with Crippen LogP contribution >= 0.6 is 0 Å². The maximum atomic E-state index is 4.67. The van der Waals surface area contributed by atoms with Crippen molar-refractivity contribution in [2.75, 3.05) is 5.32 Å². The quantitative estimate of drug-likeness (QED) is 0.376. The molecular formula is C16H14N9+. The fourth-order valence-electron chi connectivity index (χ4n) is 2.94. The first kappa shape index (κ1) is 13.7. The molecule has 5 heterocycles.